The van der Waals surface area contributed by atoms with Gasteiger partial charge in [0.1, 0.15) is 0 Å². The topological polar surface area (TPSA) is 61.9 Å². The van der Waals surface area contributed by atoms with Crippen molar-refractivity contribution in [1.82, 2.24) is 14.5 Å². The Bertz CT molecular complexity index is 333. The summed E-state index contributed by atoms with van der Waals surface area (Å²) in [6, 6.07) is 0. The summed E-state index contributed by atoms with van der Waals surface area (Å²) in [7, 11) is -3.02. The second-order valence-electron chi connectivity index (χ2n) is 4.66. The molecule has 2 rings (SSSR count). The summed E-state index contributed by atoms with van der Waals surface area (Å²) in [5, 5.41) is 3.30. The van der Waals surface area contributed by atoms with Gasteiger partial charge in [-0.1, -0.05) is 0 Å². The third-order valence-electron chi connectivity index (χ3n) is 3.27. The largest absolute Gasteiger partial charge is 0.374 e. The van der Waals surface area contributed by atoms with Gasteiger partial charge in [0, 0.05) is 45.8 Å². The molecule has 1 unspecified atom stereocenters. The van der Waals surface area contributed by atoms with Gasteiger partial charge in [0.25, 0.3) is 0 Å². The summed E-state index contributed by atoms with van der Waals surface area (Å²) in [5.74, 6) is 0. The van der Waals surface area contributed by atoms with E-state index in [-0.39, 0.29) is 6.10 Å². The zero-order valence-electron chi connectivity index (χ0n) is 10.3. The minimum Gasteiger partial charge on any atom is -0.374 e. The highest BCUT2D eigenvalue weighted by Gasteiger charge is 2.25. The third kappa shape index (κ3) is 3.89. The van der Waals surface area contributed by atoms with E-state index in [1.165, 1.54) is 6.26 Å². The predicted octanol–water partition coefficient (Wildman–Crippen LogP) is -1.45. The van der Waals surface area contributed by atoms with Crippen molar-refractivity contribution in [1.29, 1.82) is 0 Å². The van der Waals surface area contributed by atoms with Crippen molar-refractivity contribution in [3.8, 4) is 0 Å². The first-order valence-corrected chi connectivity index (χ1v) is 7.90. The maximum absolute atomic E-state index is 11.4. The van der Waals surface area contributed by atoms with Gasteiger partial charge in [-0.2, -0.15) is 4.31 Å². The molecule has 17 heavy (non-hydrogen) atoms. The number of nitrogens with one attached hydrogen (secondary N) is 1. The smallest absolute Gasteiger partial charge is 0.211 e. The standard InChI is InChI=1S/C10H21N3O3S/c1-17(14,15)13-5-3-12(4-6-13)9-10-8-11-2-7-16-10/h10-11H,2-9H2,1H3. The van der Waals surface area contributed by atoms with Crippen molar-refractivity contribution in [2.45, 2.75) is 6.10 Å². The number of nitrogens with zero attached hydrogens (tertiary/aromatic N) is 2. The molecule has 2 aliphatic rings. The van der Waals surface area contributed by atoms with E-state index in [0.717, 1.165) is 39.3 Å². The summed E-state index contributed by atoms with van der Waals surface area (Å²) >= 11 is 0. The zero-order valence-corrected chi connectivity index (χ0v) is 11.1. The lowest BCUT2D eigenvalue weighted by atomic mass is 10.2. The lowest BCUT2D eigenvalue weighted by molar-refractivity contribution is 0.000420. The lowest BCUT2D eigenvalue weighted by Crippen LogP contribution is -2.52. The summed E-state index contributed by atoms with van der Waals surface area (Å²) in [5.41, 5.74) is 0. The van der Waals surface area contributed by atoms with E-state index in [1.54, 1.807) is 4.31 Å². The maximum atomic E-state index is 11.4. The molecule has 1 N–H and O–H groups in total. The molecule has 2 fully saturated rings. The van der Waals surface area contributed by atoms with E-state index in [4.69, 9.17) is 4.74 Å². The number of piperazine rings is 1. The molecule has 2 heterocycles. The van der Waals surface area contributed by atoms with Crippen molar-refractivity contribution >= 4 is 10.0 Å². The second kappa shape index (κ2) is 5.62. The van der Waals surface area contributed by atoms with E-state index < -0.39 is 10.0 Å². The van der Waals surface area contributed by atoms with Gasteiger partial charge in [0.2, 0.25) is 10.0 Å². The average molecular weight is 263 g/mol. The monoisotopic (exact) mass is 263 g/mol. The molecule has 100 valence electrons. The number of hydrogen-bond donors (Lipinski definition) is 1. The van der Waals surface area contributed by atoms with Crippen LogP contribution in [0.2, 0.25) is 0 Å². The van der Waals surface area contributed by atoms with Crippen LogP contribution >= 0.6 is 0 Å². The Morgan fingerprint density at radius 2 is 2.00 bits per heavy atom. The highest BCUT2D eigenvalue weighted by Crippen LogP contribution is 2.08. The van der Waals surface area contributed by atoms with Gasteiger partial charge in [-0.25, -0.2) is 8.42 Å². The molecule has 2 aliphatic heterocycles. The van der Waals surface area contributed by atoms with Gasteiger partial charge in [0.15, 0.2) is 0 Å². The highest BCUT2D eigenvalue weighted by molar-refractivity contribution is 7.88. The summed E-state index contributed by atoms with van der Waals surface area (Å²) in [6.45, 7) is 6.28. The van der Waals surface area contributed by atoms with Gasteiger partial charge in [-0.05, 0) is 0 Å². The fraction of sp³-hybridized carbons (Fsp3) is 1.00. The molecule has 0 spiro atoms. The van der Waals surface area contributed by atoms with Gasteiger partial charge in [-0.3, -0.25) is 4.90 Å². The van der Waals surface area contributed by atoms with Crippen LogP contribution in [0, 0.1) is 0 Å². The van der Waals surface area contributed by atoms with Crippen LogP contribution in [0.25, 0.3) is 0 Å². The first-order valence-electron chi connectivity index (χ1n) is 6.05. The molecule has 2 saturated heterocycles. The quantitative estimate of drug-likeness (QED) is 0.675. The lowest BCUT2D eigenvalue weighted by Gasteiger charge is -2.36. The summed E-state index contributed by atoms with van der Waals surface area (Å²) < 4.78 is 29.9. The number of morpholine rings is 1. The fourth-order valence-corrected chi connectivity index (χ4v) is 3.10. The number of hydrogen-bond acceptors (Lipinski definition) is 5. The average Bonchev–Trinajstić information content (AvgIpc) is 2.30. The highest BCUT2D eigenvalue weighted by atomic mass is 32.2. The molecule has 0 aliphatic carbocycles. The van der Waals surface area contributed by atoms with E-state index in [1.807, 2.05) is 0 Å². The van der Waals surface area contributed by atoms with Crippen LogP contribution in [0.3, 0.4) is 0 Å². The molecule has 0 saturated carbocycles. The normalized spacial score (nSPS) is 29.4. The van der Waals surface area contributed by atoms with Crippen molar-refractivity contribution < 1.29 is 13.2 Å². The van der Waals surface area contributed by atoms with E-state index >= 15 is 0 Å². The molecule has 0 aromatic carbocycles. The molecule has 7 heteroatoms. The number of sulfonamides is 1. The molecular formula is C10H21N3O3S. The Balaban J connectivity index is 1.75. The summed E-state index contributed by atoms with van der Waals surface area (Å²) in [6.07, 6.45) is 1.52. The van der Waals surface area contributed by atoms with Crippen LogP contribution in [0.4, 0.5) is 0 Å². The second-order valence-corrected chi connectivity index (χ2v) is 6.64. The maximum Gasteiger partial charge on any atom is 0.211 e. The number of ether oxygens (including phenoxy) is 1. The molecule has 0 aromatic heterocycles. The van der Waals surface area contributed by atoms with Crippen LogP contribution < -0.4 is 5.32 Å². The Morgan fingerprint density at radius 1 is 1.29 bits per heavy atom. The fourth-order valence-electron chi connectivity index (χ4n) is 2.27. The third-order valence-corrected chi connectivity index (χ3v) is 4.57. The van der Waals surface area contributed by atoms with Crippen molar-refractivity contribution in [2.75, 3.05) is 58.7 Å². The molecule has 0 bridgehead atoms. The van der Waals surface area contributed by atoms with Gasteiger partial charge < -0.3 is 10.1 Å². The van der Waals surface area contributed by atoms with Gasteiger partial charge in [0.05, 0.1) is 19.0 Å². The van der Waals surface area contributed by atoms with E-state index in [0.29, 0.717) is 13.1 Å². The first kappa shape index (κ1) is 13.2. The zero-order chi connectivity index (χ0) is 12.3. The molecule has 0 amide bonds. The Hall–Kier alpha value is -0.210. The Labute approximate surface area is 103 Å². The van der Waals surface area contributed by atoms with Gasteiger partial charge in [-0.15, -0.1) is 0 Å². The van der Waals surface area contributed by atoms with Crippen molar-refractivity contribution in [3.63, 3.8) is 0 Å². The van der Waals surface area contributed by atoms with Crippen molar-refractivity contribution in [3.05, 3.63) is 0 Å². The number of rotatable bonds is 3. The van der Waals surface area contributed by atoms with Crippen molar-refractivity contribution in [2.24, 2.45) is 0 Å². The molecule has 0 radical (unpaired) electrons. The Morgan fingerprint density at radius 3 is 2.53 bits per heavy atom. The molecule has 0 aromatic rings. The van der Waals surface area contributed by atoms with E-state index in [2.05, 4.69) is 10.2 Å². The van der Waals surface area contributed by atoms with Crippen LogP contribution in [-0.2, 0) is 14.8 Å². The predicted molar refractivity (Wildman–Crippen MR) is 65.5 cm³/mol. The molecule has 6 nitrogen and oxygen atoms in total. The Kier molecular flexibility index (Phi) is 4.37. The minimum atomic E-state index is -3.02. The minimum absolute atomic E-state index is 0.244. The summed E-state index contributed by atoms with van der Waals surface area (Å²) in [4.78, 5) is 2.28. The van der Waals surface area contributed by atoms with Crippen LogP contribution in [-0.4, -0.2) is 82.4 Å². The first-order chi connectivity index (χ1) is 8.05. The van der Waals surface area contributed by atoms with E-state index in [9.17, 15) is 8.42 Å². The molecular weight excluding hydrogens is 242 g/mol. The van der Waals surface area contributed by atoms with Gasteiger partial charge >= 0.3 is 0 Å². The van der Waals surface area contributed by atoms with Crippen LogP contribution in [0.1, 0.15) is 0 Å². The van der Waals surface area contributed by atoms with Crippen LogP contribution in [0.5, 0.6) is 0 Å². The molecule has 1 atom stereocenters. The SMILES string of the molecule is CS(=O)(=O)N1CCN(CC2CNCCO2)CC1. The van der Waals surface area contributed by atoms with Crippen LogP contribution in [0.15, 0.2) is 0 Å².